The molecule has 1 N–H and O–H groups in total. The highest BCUT2D eigenvalue weighted by Gasteiger charge is 2.10. The summed E-state index contributed by atoms with van der Waals surface area (Å²) in [4.78, 5) is 14.5. The third kappa shape index (κ3) is 3.78. The highest BCUT2D eigenvalue weighted by Crippen LogP contribution is 2.11. The van der Waals surface area contributed by atoms with E-state index >= 15 is 0 Å². The van der Waals surface area contributed by atoms with Crippen LogP contribution in [0.4, 0.5) is 0 Å². The minimum Gasteiger partial charge on any atom is -0.456 e. The van der Waals surface area contributed by atoms with Crippen molar-refractivity contribution in [2.45, 2.75) is 13.1 Å². The Labute approximate surface area is 120 Å². The number of hydrogen-bond donors (Lipinski definition) is 1. The molecule has 0 unspecified atom stereocenters. The number of azide groups is 1. The van der Waals surface area contributed by atoms with Crippen LogP contribution in [0, 0.1) is 0 Å². The van der Waals surface area contributed by atoms with Crippen LogP contribution in [0.5, 0.6) is 0 Å². The van der Waals surface area contributed by atoms with E-state index in [0.717, 1.165) is 5.56 Å². The molecule has 0 spiro atoms. The molecule has 0 atom stereocenters. The van der Waals surface area contributed by atoms with Crippen LogP contribution in [-0.2, 0) is 13.1 Å². The smallest absolute Gasteiger partial charge is 0.287 e. The number of nitrogens with zero attached hydrogens (tertiary/aromatic N) is 3. The van der Waals surface area contributed by atoms with Gasteiger partial charge in [0.2, 0.25) is 0 Å². The number of hydrogen-bond acceptors (Lipinski definition) is 3. The van der Waals surface area contributed by atoms with Crippen LogP contribution in [0.2, 0.25) is 5.02 Å². The summed E-state index contributed by atoms with van der Waals surface area (Å²) in [5, 5.41) is 6.73. The predicted octanol–water partition coefficient (Wildman–Crippen LogP) is 3.67. The first-order valence-corrected chi connectivity index (χ1v) is 6.19. The van der Waals surface area contributed by atoms with Gasteiger partial charge >= 0.3 is 0 Å². The van der Waals surface area contributed by atoms with Gasteiger partial charge in [-0.2, -0.15) is 0 Å². The lowest BCUT2D eigenvalue weighted by molar-refractivity contribution is 0.0921. The van der Waals surface area contributed by atoms with Crippen molar-refractivity contribution >= 4 is 17.5 Å². The van der Waals surface area contributed by atoms with Crippen LogP contribution < -0.4 is 5.32 Å². The molecule has 2 aromatic rings. The van der Waals surface area contributed by atoms with Crippen molar-refractivity contribution < 1.29 is 9.21 Å². The van der Waals surface area contributed by atoms with Crippen molar-refractivity contribution in [2.24, 2.45) is 5.11 Å². The third-order valence-corrected chi connectivity index (χ3v) is 2.79. The molecule has 1 heterocycles. The van der Waals surface area contributed by atoms with Gasteiger partial charge in [0.1, 0.15) is 5.76 Å². The molecule has 7 heteroatoms. The number of carbonyl (C=O) groups excluding carboxylic acids is 1. The molecular formula is C13H11ClN4O2. The first kappa shape index (κ1) is 14.0. The second-order valence-electron chi connectivity index (χ2n) is 3.96. The Bertz CT molecular complexity index is 645. The summed E-state index contributed by atoms with van der Waals surface area (Å²) in [5.41, 5.74) is 9.14. The number of halogens is 1. The maximum Gasteiger partial charge on any atom is 0.287 e. The Kier molecular flexibility index (Phi) is 4.65. The highest BCUT2D eigenvalue weighted by atomic mass is 35.5. The number of nitrogens with one attached hydrogen (secondary N) is 1. The van der Waals surface area contributed by atoms with E-state index in [-0.39, 0.29) is 18.2 Å². The van der Waals surface area contributed by atoms with Crippen LogP contribution >= 0.6 is 11.6 Å². The van der Waals surface area contributed by atoms with Crippen molar-refractivity contribution in [2.75, 3.05) is 0 Å². The van der Waals surface area contributed by atoms with E-state index < -0.39 is 0 Å². The SMILES string of the molecule is [N-]=[N+]=NCc1ccc(C(=O)NCc2ccc(Cl)cc2)o1. The molecular weight excluding hydrogens is 280 g/mol. The molecule has 0 aliphatic heterocycles. The van der Waals surface area contributed by atoms with Crippen LogP contribution in [0.3, 0.4) is 0 Å². The molecule has 0 saturated carbocycles. The summed E-state index contributed by atoms with van der Waals surface area (Å²) in [6.45, 7) is 0.462. The summed E-state index contributed by atoms with van der Waals surface area (Å²) < 4.78 is 5.26. The molecule has 1 aromatic carbocycles. The Morgan fingerprint density at radius 2 is 2.05 bits per heavy atom. The van der Waals surface area contributed by atoms with Gasteiger partial charge < -0.3 is 9.73 Å². The zero-order chi connectivity index (χ0) is 14.4. The number of rotatable bonds is 5. The largest absolute Gasteiger partial charge is 0.456 e. The van der Waals surface area contributed by atoms with E-state index in [1.165, 1.54) is 0 Å². The molecule has 20 heavy (non-hydrogen) atoms. The summed E-state index contributed by atoms with van der Waals surface area (Å²) >= 11 is 5.78. The van der Waals surface area contributed by atoms with Crippen LogP contribution in [0.15, 0.2) is 45.9 Å². The van der Waals surface area contributed by atoms with E-state index in [1.807, 2.05) is 12.1 Å². The van der Waals surface area contributed by atoms with Crippen molar-refractivity contribution in [1.82, 2.24) is 5.32 Å². The Balaban J connectivity index is 1.92. The van der Waals surface area contributed by atoms with Gasteiger partial charge in [-0.1, -0.05) is 28.8 Å². The Hall–Kier alpha value is -2.43. The van der Waals surface area contributed by atoms with Crippen LogP contribution in [-0.4, -0.2) is 5.91 Å². The quantitative estimate of drug-likeness (QED) is 0.517. The van der Waals surface area contributed by atoms with Crippen molar-refractivity contribution in [3.63, 3.8) is 0 Å². The fourth-order valence-electron chi connectivity index (χ4n) is 1.56. The highest BCUT2D eigenvalue weighted by molar-refractivity contribution is 6.30. The fraction of sp³-hybridized carbons (Fsp3) is 0.154. The number of amides is 1. The minimum atomic E-state index is -0.327. The molecule has 0 aliphatic rings. The number of furan rings is 1. The molecule has 1 amide bonds. The van der Waals surface area contributed by atoms with Gasteiger partial charge in [0, 0.05) is 16.5 Å². The molecule has 0 aliphatic carbocycles. The normalized spacial score (nSPS) is 9.85. The number of benzene rings is 1. The monoisotopic (exact) mass is 290 g/mol. The van der Waals surface area contributed by atoms with Gasteiger partial charge in [-0.25, -0.2) is 0 Å². The zero-order valence-electron chi connectivity index (χ0n) is 10.4. The van der Waals surface area contributed by atoms with E-state index in [9.17, 15) is 4.79 Å². The zero-order valence-corrected chi connectivity index (χ0v) is 11.2. The first-order valence-electron chi connectivity index (χ1n) is 5.81. The maximum absolute atomic E-state index is 11.8. The topological polar surface area (TPSA) is 91.0 Å². The predicted molar refractivity (Wildman–Crippen MR) is 74.2 cm³/mol. The van der Waals surface area contributed by atoms with E-state index in [4.69, 9.17) is 21.5 Å². The molecule has 1 aromatic heterocycles. The second-order valence-corrected chi connectivity index (χ2v) is 4.40. The molecule has 2 rings (SSSR count). The van der Waals surface area contributed by atoms with Crippen molar-refractivity contribution in [3.05, 3.63) is 68.9 Å². The van der Waals surface area contributed by atoms with Crippen molar-refractivity contribution in [1.29, 1.82) is 0 Å². The van der Waals surface area contributed by atoms with Crippen LogP contribution in [0.1, 0.15) is 21.9 Å². The van der Waals surface area contributed by atoms with Crippen LogP contribution in [0.25, 0.3) is 10.4 Å². The molecule has 6 nitrogen and oxygen atoms in total. The second kappa shape index (κ2) is 6.65. The van der Waals surface area contributed by atoms with Crippen molar-refractivity contribution in [3.8, 4) is 0 Å². The van der Waals surface area contributed by atoms with Gasteiger partial charge in [0.15, 0.2) is 5.76 Å². The third-order valence-electron chi connectivity index (χ3n) is 2.54. The summed E-state index contributed by atoms with van der Waals surface area (Å²) in [6.07, 6.45) is 0. The summed E-state index contributed by atoms with van der Waals surface area (Å²) in [7, 11) is 0. The molecule has 0 saturated heterocycles. The standard InChI is InChI=1S/C13H11ClN4O2/c14-10-3-1-9(2-4-10)7-16-13(19)12-6-5-11(20-12)8-17-18-15/h1-6H,7-8H2,(H,16,19). The van der Waals surface area contributed by atoms with Gasteiger partial charge in [-0.3, -0.25) is 4.79 Å². The van der Waals surface area contributed by atoms with Gasteiger partial charge in [-0.15, -0.1) is 0 Å². The first-order chi connectivity index (χ1) is 9.69. The lowest BCUT2D eigenvalue weighted by Gasteiger charge is -2.03. The molecule has 102 valence electrons. The molecule has 0 fully saturated rings. The van der Waals surface area contributed by atoms with Gasteiger partial charge in [0.05, 0.1) is 6.54 Å². The number of carbonyl (C=O) groups is 1. The fourth-order valence-corrected chi connectivity index (χ4v) is 1.68. The summed E-state index contributed by atoms with van der Waals surface area (Å²) in [6, 6.07) is 10.3. The maximum atomic E-state index is 11.8. The van der Waals surface area contributed by atoms with E-state index in [1.54, 1.807) is 24.3 Å². The van der Waals surface area contributed by atoms with E-state index in [2.05, 4.69) is 15.3 Å². The van der Waals surface area contributed by atoms with Gasteiger partial charge in [-0.05, 0) is 35.4 Å². The Morgan fingerprint density at radius 3 is 2.75 bits per heavy atom. The summed E-state index contributed by atoms with van der Waals surface area (Å²) in [5.74, 6) is 0.300. The molecule has 0 radical (unpaired) electrons. The van der Waals surface area contributed by atoms with Gasteiger partial charge in [0.25, 0.3) is 5.91 Å². The average Bonchev–Trinajstić information content (AvgIpc) is 2.93. The lowest BCUT2D eigenvalue weighted by Crippen LogP contribution is -2.22. The van der Waals surface area contributed by atoms with E-state index in [0.29, 0.717) is 17.3 Å². The average molecular weight is 291 g/mol. The minimum absolute atomic E-state index is 0.0843. The Morgan fingerprint density at radius 1 is 1.30 bits per heavy atom. The lowest BCUT2D eigenvalue weighted by atomic mass is 10.2. The molecule has 0 bridgehead atoms.